The normalized spacial score (nSPS) is 15.0. The smallest absolute Gasteiger partial charge is 0.226 e. The van der Waals surface area contributed by atoms with Crippen molar-refractivity contribution < 1.29 is 4.79 Å². The molecule has 116 valence electrons. The number of halogens is 1. The lowest BCUT2D eigenvalue weighted by atomic mass is 10.2. The summed E-state index contributed by atoms with van der Waals surface area (Å²) in [6, 6.07) is 7.84. The molecule has 1 aliphatic rings. The van der Waals surface area contributed by atoms with Gasteiger partial charge in [0.25, 0.3) is 0 Å². The van der Waals surface area contributed by atoms with Gasteiger partial charge in [0.2, 0.25) is 5.91 Å². The van der Waals surface area contributed by atoms with E-state index in [1.165, 1.54) is 24.2 Å². The van der Waals surface area contributed by atoms with Gasteiger partial charge < -0.3 is 10.6 Å². The third-order valence-electron chi connectivity index (χ3n) is 3.69. The van der Waals surface area contributed by atoms with Crippen LogP contribution in [-0.4, -0.2) is 16.9 Å². The molecule has 1 aliphatic carbocycles. The molecule has 1 heterocycles. The molecule has 0 radical (unpaired) electrons. The van der Waals surface area contributed by atoms with Crippen LogP contribution in [0.2, 0.25) is 5.02 Å². The van der Waals surface area contributed by atoms with Crippen LogP contribution in [0.3, 0.4) is 0 Å². The third kappa shape index (κ3) is 4.21. The highest BCUT2D eigenvalue weighted by Crippen LogP contribution is 2.23. The van der Waals surface area contributed by atoms with Crippen molar-refractivity contribution in [3.05, 3.63) is 40.4 Å². The molecular weight excluding hydrogens is 318 g/mol. The Morgan fingerprint density at radius 2 is 2.18 bits per heavy atom. The van der Waals surface area contributed by atoms with E-state index in [0.29, 0.717) is 17.5 Å². The molecule has 1 saturated carbocycles. The Bertz CT molecular complexity index is 652. The molecule has 1 fully saturated rings. The summed E-state index contributed by atoms with van der Waals surface area (Å²) >= 11 is 7.45. The summed E-state index contributed by atoms with van der Waals surface area (Å²) in [6.07, 6.45) is 4.98. The highest BCUT2D eigenvalue weighted by atomic mass is 35.5. The lowest BCUT2D eigenvalue weighted by Crippen LogP contribution is -2.33. The third-order valence-corrected chi connectivity index (χ3v) is 4.73. The molecule has 4 nitrogen and oxygen atoms in total. The molecule has 1 aromatic heterocycles. The maximum atomic E-state index is 12.0. The van der Waals surface area contributed by atoms with E-state index >= 15 is 0 Å². The molecule has 0 unspecified atom stereocenters. The lowest BCUT2D eigenvalue weighted by Gasteiger charge is -2.10. The van der Waals surface area contributed by atoms with E-state index in [1.54, 1.807) is 0 Å². The quantitative estimate of drug-likeness (QED) is 0.863. The molecule has 0 spiro atoms. The second kappa shape index (κ2) is 7.11. The highest BCUT2D eigenvalue weighted by molar-refractivity contribution is 7.13. The van der Waals surface area contributed by atoms with Crippen molar-refractivity contribution >= 4 is 39.7 Å². The van der Waals surface area contributed by atoms with Crippen LogP contribution in [0.25, 0.3) is 0 Å². The number of carbonyl (C=O) groups excluding carboxylic acids is 1. The number of hydrogen-bond donors (Lipinski definition) is 2. The molecule has 2 aromatic rings. The fraction of sp³-hybridized carbons (Fsp3) is 0.375. The van der Waals surface area contributed by atoms with Gasteiger partial charge in [-0.15, -0.1) is 11.3 Å². The van der Waals surface area contributed by atoms with Crippen LogP contribution in [0.1, 0.15) is 31.4 Å². The van der Waals surface area contributed by atoms with E-state index in [-0.39, 0.29) is 5.91 Å². The van der Waals surface area contributed by atoms with E-state index in [9.17, 15) is 4.79 Å². The van der Waals surface area contributed by atoms with Crippen LogP contribution in [0, 0.1) is 0 Å². The zero-order valence-electron chi connectivity index (χ0n) is 12.1. The van der Waals surface area contributed by atoms with Crippen LogP contribution in [-0.2, 0) is 11.2 Å². The van der Waals surface area contributed by atoms with Gasteiger partial charge in [-0.05, 0) is 31.0 Å². The predicted molar refractivity (Wildman–Crippen MR) is 91.0 cm³/mol. The lowest BCUT2D eigenvalue weighted by molar-refractivity contribution is -0.121. The first-order valence-corrected chi connectivity index (χ1v) is 8.71. The van der Waals surface area contributed by atoms with Gasteiger partial charge >= 0.3 is 0 Å². The number of benzene rings is 1. The molecular formula is C16H18ClN3OS. The number of hydrogen-bond acceptors (Lipinski definition) is 4. The Morgan fingerprint density at radius 1 is 1.36 bits per heavy atom. The SMILES string of the molecule is O=C(Cc1csc(Nc2cccc(Cl)c2)n1)NC1CCCC1. The van der Waals surface area contributed by atoms with Gasteiger partial charge in [-0.1, -0.05) is 30.5 Å². The molecule has 6 heteroatoms. The Kier molecular flexibility index (Phi) is 4.95. The Balaban J connectivity index is 1.55. The van der Waals surface area contributed by atoms with Crippen LogP contribution in [0.4, 0.5) is 10.8 Å². The maximum absolute atomic E-state index is 12.0. The summed E-state index contributed by atoms with van der Waals surface area (Å²) in [7, 11) is 0. The summed E-state index contributed by atoms with van der Waals surface area (Å²) < 4.78 is 0. The minimum atomic E-state index is 0.0616. The standard InChI is InChI=1S/C16H18ClN3OS/c17-11-4-3-7-13(8-11)19-16-20-14(10-22-16)9-15(21)18-12-5-1-2-6-12/h3-4,7-8,10,12H,1-2,5-6,9H2,(H,18,21)(H,19,20). The summed E-state index contributed by atoms with van der Waals surface area (Å²) in [5.74, 6) is 0.0616. The van der Waals surface area contributed by atoms with Gasteiger partial charge in [-0.25, -0.2) is 4.98 Å². The van der Waals surface area contributed by atoms with Crippen molar-refractivity contribution in [3.63, 3.8) is 0 Å². The second-order valence-electron chi connectivity index (χ2n) is 5.51. The average Bonchev–Trinajstić information content (AvgIpc) is 3.11. The Morgan fingerprint density at radius 3 is 2.95 bits per heavy atom. The average molecular weight is 336 g/mol. The van der Waals surface area contributed by atoms with E-state index in [2.05, 4.69) is 15.6 Å². The maximum Gasteiger partial charge on any atom is 0.226 e. The number of rotatable bonds is 5. The number of anilines is 2. The van der Waals surface area contributed by atoms with Crippen LogP contribution in [0.5, 0.6) is 0 Å². The Labute approximate surface area is 138 Å². The molecule has 1 aromatic carbocycles. The summed E-state index contributed by atoms with van der Waals surface area (Å²) in [5.41, 5.74) is 1.69. The fourth-order valence-electron chi connectivity index (χ4n) is 2.65. The number of nitrogens with one attached hydrogen (secondary N) is 2. The van der Waals surface area contributed by atoms with Gasteiger partial charge in [-0.2, -0.15) is 0 Å². The van der Waals surface area contributed by atoms with E-state index in [1.807, 2.05) is 29.6 Å². The molecule has 22 heavy (non-hydrogen) atoms. The van der Waals surface area contributed by atoms with E-state index in [0.717, 1.165) is 29.4 Å². The van der Waals surface area contributed by atoms with Crippen LogP contribution < -0.4 is 10.6 Å². The first kappa shape index (κ1) is 15.3. The summed E-state index contributed by atoms with van der Waals surface area (Å²) in [6.45, 7) is 0. The minimum absolute atomic E-state index is 0.0616. The molecule has 0 atom stereocenters. The van der Waals surface area contributed by atoms with Gasteiger partial charge in [0.1, 0.15) is 0 Å². The Hall–Kier alpha value is -1.59. The predicted octanol–water partition coefficient (Wildman–Crippen LogP) is 4.14. The summed E-state index contributed by atoms with van der Waals surface area (Å²) in [5, 5.41) is 9.65. The summed E-state index contributed by atoms with van der Waals surface area (Å²) in [4.78, 5) is 16.4. The zero-order valence-corrected chi connectivity index (χ0v) is 13.7. The number of aromatic nitrogens is 1. The van der Waals surface area contributed by atoms with Crippen molar-refractivity contribution in [2.75, 3.05) is 5.32 Å². The van der Waals surface area contributed by atoms with Crippen molar-refractivity contribution in [1.29, 1.82) is 0 Å². The monoisotopic (exact) mass is 335 g/mol. The van der Waals surface area contributed by atoms with Crippen molar-refractivity contribution in [1.82, 2.24) is 10.3 Å². The van der Waals surface area contributed by atoms with Gasteiger partial charge in [0, 0.05) is 22.1 Å². The number of carbonyl (C=O) groups is 1. The minimum Gasteiger partial charge on any atom is -0.353 e. The van der Waals surface area contributed by atoms with E-state index in [4.69, 9.17) is 11.6 Å². The highest BCUT2D eigenvalue weighted by Gasteiger charge is 2.17. The molecule has 2 N–H and O–H groups in total. The number of nitrogens with zero attached hydrogens (tertiary/aromatic N) is 1. The van der Waals surface area contributed by atoms with Gasteiger partial charge in [0.15, 0.2) is 5.13 Å². The first-order valence-electron chi connectivity index (χ1n) is 7.45. The topological polar surface area (TPSA) is 54.0 Å². The van der Waals surface area contributed by atoms with E-state index < -0.39 is 0 Å². The largest absolute Gasteiger partial charge is 0.353 e. The fourth-order valence-corrected chi connectivity index (χ4v) is 3.57. The van der Waals surface area contributed by atoms with Crippen LogP contribution in [0.15, 0.2) is 29.6 Å². The van der Waals surface area contributed by atoms with Gasteiger partial charge in [-0.3, -0.25) is 4.79 Å². The molecule has 1 amide bonds. The molecule has 0 aliphatic heterocycles. The second-order valence-corrected chi connectivity index (χ2v) is 6.80. The molecule has 0 bridgehead atoms. The molecule has 3 rings (SSSR count). The molecule has 0 saturated heterocycles. The van der Waals surface area contributed by atoms with Crippen molar-refractivity contribution in [3.8, 4) is 0 Å². The van der Waals surface area contributed by atoms with Crippen molar-refractivity contribution in [2.45, 2.75) is 38.1 Å². The number of amides is 1. The zero-order chi connectivity index (χ0) is 15.4. The number of thiazole rings is 1. The van der Waals surface area contributed by atoms with Crippen molar-refractivity contribution in [2.24, 2.45) is 0 Å². The van der Waals surface area contributed by atoms with Gasteiger partial charge in [0.05, 0.1) is 12.1 Å². The van der Waals surface area contributed by atoms with Crippen LogP contribution >= 0.6 is 22.9 Å². The first-order chi connectivity index (χ1) is 10.7.